The van der Waals surface area contributed by atoms with Crippen LogP contribution in [0.5, 0.6) is 0 Å². The summed E-state index contributed by atoms with van der Waals surface area (Å²) in [7, 11) is 0. The molecule has 0 aromatic carbocycles. The van der Waals surface area contributed by atoms with Crippen LogP contribution in [0.15, 0.2) is 0 Å². The molecule has 1 aliphatic carbocycles. The first-order valence-corrected chi connectivity index (χ1v) is 3.69. The molecule has 2 heterocycles. The first-order chi connectivity index (χ1) is 4.38. The minimum atomic E-state index is 0.113. The van der Waals surface area contributed by atoms with Crippen molar-refractivity contribution < 1.29 is 9.47 Å². The highest BCUT2D eigenvalue weighted by Gasteiger charge is 2.39. The summed E-state index contributed by atoms with van der Waals surface area (Å²) >= 11 is 0. The maximum Gasteiger partial charge on any atom is 0.158 e. The van der Waals surface area contributed by atoms with E-state index < -0.39 is 0 Å². The van der Waals surface area contributed by atoms with Gasteiger partial charge < -0.3 is 9.47 Å². The van der Waals surface area contributed by atoms with E-state index in [1.165, 1.54) is 0 Å². The lowest BCUT2D eigenvalue weighted by Crippen LogP contribution is -2.48. The maximum absolute atomic E-state index is 5.48. The molecule has 0 aromatic heterocycles. The first-order valence-electron chi connectivity index (χ1n) is 3.69. The zero-order chi connectivity index (χ0) is 6.27. The molecule has 52 valence electrons. The molecule has 2 bridgehead atoms. The van der Waals surface area contributed by atoms with Crippen LogP contribution in [0, 0.1) is 0 Å². The molecule has 0 amide bonds. The van der Waals surface area contributed by atoms with Gasteiger partial charge in [0.2, 0.25) is 0 Å². The van der Waals surface area contributed by atoms with Gasteiger partial charge in [-0.3, -0.25) is 0 Å². The van der Waals surface area contributed by atoms with Crippen LogP contribution in [0.25, 0.3) is 0 Å². The van der Waals surface area contributed by atoms with E-state index in [2.05, 4.69) is 6.92 Å². The van der Waals surface area contributed by atoms with Crippen molar-refractivity contribution in [1.29, 1.82) is 0 Å². The van der Waals surface area contributed by atoms with Crippen LogP contribution < -0.4 is 0 Å². The quantitative estimate of drug-likeness (QED) is 0.530. The fourth-order valence-electron chi connectivity index (χ4n) is 1.39. The van der Waals surface area contributed by atoms with Crippen molar-refractivity contribution in [2.45, 2.75) is 44.7 Å². The van der Waals surface area contributed by atoms with Gasteiger partial charge in [0.1, 0.15) is 0 Å². The Hall–Kier alpha value is -0.0800. The molecule has 0 N–H and O–H groups in total. The fraction of sp³-hybridized carbons (Fsp3) is 1.00. The molecule has 0 spiro atoms. The summed E-state index contributed by atoms with van der Waals surface area (Å²) in [5.41, 5.74) is 0. The van der Waals surface area contributed by atoms with E-state index in [0.29, 0.717) is 12.2 Å². The zero-order valence-corrected chi connectivity index (χ0v) is 5.67. The van der Waals surface area contributed by atoms with Crippen molar-refractivity contribution in [1.82, 2.24) is 0 Å². The third-order valence-electron chi connectivity index (χ3n) is 2.07. The second-order valence-corrected chi connectivity index (χ2v) is 2.83. The normalized spacial score (nSPS) is 48.3. The Bertz CT molecular complexity index is 97.5. The van der Waals surface area contributed by atoms with Gasteiger partial charge >= 0.3 is 0 Å². The lowest BCUT2D eigenvalue weighted by atomic mass is 9.90. The molecule has 2 nitrogen and oxygen atoms in total. The van der Waals surface area contributed by atoms with Crippen LogP contribution >= 0.6 is 0 Å². The van der Waals surface area contributed by atoms with E-state index in [-0.39, 0.29) is 6.29 Å². The predicted molar refractivity (Wildman–Crippen MR) is 33.1 cm³/mol. The molecule has 0 atom stereocenters. The van der Waals surface area contributed by atoms with Gasteiger partial charge in [-0.05, 0) is 6.42 Å². The molecule has 2 heteroatoms. The first kappa shape index (κ1) is 5.69. The van der Waals surface area contributed by atoms with Crippen molar-refractivity contribution >= 4 is 0 Å². The smallest absolute Gasteiger partial charge is 0.158 e. The van der Waals surface area contributed by atoms with Gasteiger partial charge in [-0.1, -0.05) is 6.92 Å². The van der Waals surface area contributed by atoms with Gasteiger partial charge in [0.05, 0.1) is 12.2 Å². The van der Waals surface area contributed by atoms with Gasteiger partial charge in [0, 0.05) is 12.8 Å². The Labute approximate surface area is 55.1 Å². The van der Waals surface area contributed by atoms with Crippen molar-refractivity contribution in [3.05, 3.63) is 0 Å². The Morgan fingerprint density at radius 1 is 1.22 bits per heavy atom. The second-order valence-electron chi connectivity index (χ2n) is 2.83. The number of ether oxygens (including phenoxy) is 2. The molecule has 2 saturated heterocycles. The van der Waals surface area contributed by atoms with Crippen LogP contribution in [0.4, 0.5) is 0 Å². The number of rotatable bonds is 1. The zero-order valence-electron chi connectivity index (χ0n) is 5.67. The molecule has 0 unspecified atom stereocenters. The summed E-state index contributed by atoms with van der Waals surface area (Å²) < 4.78 is 11.0. The predicted octanol–water partition coefficient (Wildman–Crippen LogP) is 1.30. The highest BCUT2D eigenvalue weighted by molar-refractivity contribution is 4.85. The molecule has 3 aliphatic rings. The minimum Gasteiger partial charge on any atom is -0.349 e. The standard InChI is InChI=1S/C7H12O2/c1-2-7-8-5-3-6(4-5)9-7/h5-7H,2-4H2,1H3. The average molecular weight is 128 g/mol. The van der Waals surface area contributed by atoms with Gasteiger partial charge in [-0.2, -0.15) is 0 Å². The van der Waals surface area contributed by atoms with Crippen molar-refractivity contribution in [2.24, 2.45) is 0 Å². The van der Waals surface area contributed by atoms with E-state index >= 15 is 0 Å². The minimum absolute atomic E-state index is 0.113. The van der Waals surface area contributed by atoms with Crippen LogP contribution in [0.1, 0.15) is 26.2 Å². The molecule has 9 heavy (non-hydrogen) atoms. The number of hydrogen-bond acceptors (Lipinski definition) is 2. The van der Waals surface area contributed by atoms with E-state index in [0.717, 1.165) is 19.3 Å². The summed E-state index contributed by atoms with van der Waals surface area (Å²) in [4.78, 5) is 0. The van der Waals surface area contributed by atoms with Crippen LogP contribution in [0.2, 0.25) is 0 Å². The SMILES string of the molecule is CCC1OC2CC(C2)O1. The summed E-state index contributed by atoms with van der Waals surface area (Å²) in [6.45, 7) is 2.09. The van der Waals surface area contributed by atoms with Crippen LogP contribution in [-0.4, -0.2) is 18.5 Å². The largest absolute Gasteiger partial charge is 0.349 e. The topological polar surface area (TPSA) is 18.5 Å². The summed E-state index contributed by atoms with van der Waals surface area (Å²) in [5, 5.41) is 0. The summed E-state index contributed by atoms with van der Waals surface area (Å²) in [6, 6.07) is 0. The van der Waals surface area contributed by atoms with Gasteiger partial charge in [-0.25, -0.2) is 0 Å². The summed E-state index contributed by atoms with van der Waals surface area (Å²) in [6.07, 6.45) is 4.45. The van der Waals surface area contributed by atoms with Crippen LogP contribution in [-0.2, 0) is 9.47 Å². The van der Waals surface area contributed by atoms with Crippen molar-refractivity contribution in [2.75, 3.05) is 0 Å². The average Bonchev–Trinajstić information content (AvgIpc) is 1.87. The highest BCUT2D eigenvalue weighted by atomic mass is 16.7. The van der Waals surface area contributed by atoms with E-state index in [1.54, 1.807) is 0 Å². The van der Waals surface area contributed by atoms with Crippen molar-refractivity contribution in [3.8, 4) is 0 Å². The van der Waals surface area contributed by atoms with Crippen LogP contribution in [0.3, 0.4) is 0 Å². The third-order valence-corrected chi connectivity index (χ3v) is 2.07. The maximum atomic E-state index is 5.48. The molecular formula is C7H12O2. The fourth-order valence-corrected chi connectivity index (χ4v) is 1.39. The molecule has 3 rings (SSSR count). The third kappa shape index (κ3) is 0.864. The Morgan fingerprint density at radius 2 is 1.78 bits per heavy atom. The number of hydrogen-bond donors (Lipinski definition) is 0. The molecule has 0 radical (unpaired) electrons. The van der Waals surface area contributed by atoms with E-state index in [9.17, 15) is 0 Å². The van der Waals surface area contributed by atoms with Gasteiger partial charge in [0.25, 0.3) is 0 Å². The lowest BCUT2D eigenvalue weighted by molar-refractivity contribution is -0.299. The van der Waals surface area contributed by atoms with Gasteiger partial charge in [0.15, 0.2) is 6.29 Å². The number of fused-ring (bicyclic) bond motifs is 2. The highest BCUT2D eigenvalue weighted by Crippen LogP contribution is 2.34. The monoisotopic (exact) mass is 128 g/mol. The van der Waals surface area contributed by atoms with E-state index in [1.807, 2.05) is 0 Å². The van der Waals surface area contributed by atoms with Crippen molar-refractivity contribution in [3.63, 3.8) is 0 Å². The Morgan fingerprint density at radius 3 is 2.11 bits per heavy atom. The summed E-state index contributed by atoms with van der Waals surface area (Å²) in [5.74, 6) is 0. The van der Waals surface area contributed by atoms with E-state index in [4.69, 9.17) is 9.47 Å². The Balaban J connectivity index is 1.89. The molecular weight excluding hydrogens is 116 g/mol. The lowest BCUT2D eigenvalue weighted by Gasteiger charge is -2.44. The molecule has 3 fully saturated rings. The molecule has 2 aliphatic heterocycles. The Kier molecular flexibility index (Phi) is 1.24. The molecule has 0 aromatic rings. The van der Waals surface area contributed by atoms with Gasteiger partial charge in [-0.15, -0.1) is 0 Å². The molecule has 1 saturated carbocycles. The second kappa shape index (κ2) is 1.96.